The molecule has 19 heavy (non-hydrogen) atoms. The summed E-state index contributed by atoms with van der Waals surface area (Å²) in [5, 5.41) is 20.0. The summed E-state index contributed by atoms with van der Waals surface area (Å²) in [5.74, 6) is 0.305. The molecule has 1 aliphatic heterocycles. The molecule has 1 aromatic carbocycles. The van der Waals surface area contributed by atoms with E-state index in [1.807, 2.05) is 6.07 Å². The van der Waals surface area contributed by atoms with Gasteiger partial charge in [-0.1, -0.05) is 18.5 Å². The van der Waals surface area contributed by atoms with Crippen LogP contribution in [-0.2, 0) is 6.54 Å². The number of aromatic hydroxyl groups is 1. The van der Waals surface area contributed by atoms with Crippen molar-refractivity contribution < 1.29 is 10.2 Å². The molecular formula is C15H22ClNO2. The van der Waals surface area contributed by atoms with Crippen molar-refractivity contribution in [3.63, 3.8) is 0 Å². The van der Waals surface area contributed by atoms with Crippen molar-refractivity contribution in [3.05, 3.63) is 28.8 Å². The van der Waals surface area contributed by atoms with Gasteiger partial charge < -0.3 is 10.2 Å². The highest BCUT2D eigenvalue weighted by Crippen LogP contribution is 2.35. The summed E-state index contributed by atoms with van der Waals surface area (Å²) >= 11 is 5.96. The van der Waals surface area contributed by atoms with Crippen LogP contribution in [0.5, 0.6) is 5.75 Å². The number of rotatable bonds is 4. The Morgan fingerprint density at radius 2 is 2.00 bits per heavy atom. The fraction of sp³-hybridized carbons (Fsp3) is 0.600. The van der Waals surface area contributed by atoms with Crippen LogP contribution in [0.4, 0.5) is 0 Å². The van der Waals surface area contributed by atoms with E-state index in [2.05, 4.69) is 11.8 Å². The first-order chi connectivity index (χ1) is 9.08. The van der Waals surface area contributed by atoms with E-state index in [-0.39, 0.29) is 12.0 Å². The number of benzene rings is 1. The Morgan fingerprint density at radius 3 is 2.58 bits per heavy atom. The number of hydrogen-bond donors (Lipinski definition) is 2. The number of halogens is 1. The summed E-state index contributed by atoms with van der Waals surface area (Å²) in [6.45, 7) is 5.06. The quantitative estimate of drug-likeness (QED) is 0.893. The van der Waals surface area contributed by atoms with Gasteiger partial charge in [0.05, 0.1) is 0 Å². The monoisotopic (exact) mass is 283 g/mol. The Balaban J connectivity index is 1.97. The molecule has 0 spiro atoms. The highest BCUT2D eigenvalue weighted by Gasteiger charge is 2.32. The van der Waals surface area contributed by atoms with Crippen molar-refractivity contribution in [2.75, 3.05) is 19.7 Å². The Bertz CT molecular complexity index is 422. The topological polar surface area (TPSA) is 43.7 Å². The van der Waals surface area contributed by atoms with Crippen LogP contribution < -0.4 is 0 Å². The first-order valence-corrected chi connectivity index (χ1v) is 7.27. The third-order valence-electron chi connectivity index (χ3n) is 4.44. The smallest absolute Gasteiger partial charge is 0.120 e. The van der Waals surface area contributed by atoms with Gasteiger partial charge in [0, 0.05) is 23.7 Å². The van der Waals surface area contributed by atoms with Gasteiger partial charge in [0.15, 0.2) is 0 Å². The van der Waals surface area contributed by atoms with Crippen LogP contribution in [0.3, 0.4) is 0 Å². The highest BCUT2D eigenvalue weighted by atomic mass is 35.5. The number of piperidine rings is 1. The molecule has 1 saturated heterocycles. The van der Waals surface area contributed by atoms with Crippen LogP contribution in [-0.4, -0.2) is 34.8 Å². The van der Waals surface area contributed by atoms with Crippen LogP contribution in [0.2, 0.25) is 5.02 Å². The Hall–Kier alpha value is -0.770. The fourth-order valence-electron chi connectivity index (χ4n) is 2.73. The second-order valence-corrected chi connectivity index (χ2v) is 6.00. The van der Waals surface area contributed by atoms with E-state index in [1.54, 1.807) is 12.1 Å². The molecule has 0 atom stereocenters. The van der Waals surface area contributed by atoms with Crippen molar-refractivity contribution in [1.29, 1.82) is 0 Å². The van der Waals surface area contributed by atoms with Crippen molar-refractivity contribution in [3.8, 4) is 5.75 Å². The lowest BCUT2D eigenvalue weighted by Gasteiger charge is -2.40. The molecule has 0 amide bonds. The second kappa shape index (κ2) is 6.12. The van der Waals surface area contributed by atoms with Gasteiger partial charge in [-0.25, -0.2) is 0 Å². The highest BCUT2D eigenvalue weighted by molar-refractivity contribution is 6.30. The van der Waals surface area contributed by atoms with Crippen LogP contribution in [0.15, 0.2) is 18.2 Å². The zero-order valence-electron chi connectivity index (χ0n) is 11.4. The standard InChI is InChI=1S/C15H22ClNO2/c1-2-15(11-18)5-7-17(8-6-15)10-12-9-13(16)3-4-14(12)19/h3-4,9,18-19H,2,5-8,10-11H2,1H3. The molecule has 0 radical (unpaired) electrons. The third-order valence-corrected chi connectivity index (χ3v) is 4.67. The molecule has 0 saturated carbocycles. The maximum atomic E-state index is 9.84. The maximum absolute atomic E-state index is 9.84. The molecule has 0 bridgehead atoms. The van der Waals surface area contributed by atoms with Gasteiger partial charge in [-0.05, 0) is 56.0 Å². The van der Waals surface area contributed by atoms with Crippen LogP contribution in [0.25, 0.3) is 0 Å². The predicted molar refractivity (Wildman–Crippen MR) is 77.4 cm³/mol. The molecule has 2 rings (SSSR count). The summed E-state index contributed by atoms with van der Waals surface area (Å²) in [7, 11) is 0. The van der Waals surface area contributed by atoms with Crippen LogP contribution in [0.1, 0.15) is 31.7 Å². The molecule has 0 aliphatic carbocycles. The largest absolute Gasteiger partial charge is 0.508 e. The number of nitrogens with zero attached hydrogens (tertiary/aromatic N) is 1. The van der Waals surface area contributed by atoms with Crippen molar-refractivity contribution in [2.24, 2.45) is 5.41 Å². The first-order valence-electron chi connectivity index (χ1n) is 6.89. The van der Waals surface area contributed by atoms with E-state index >= 15 is 0 Å². The minimum atomic E-state index is 0.104. The fourth-order valence-corrected chi connectivity index (χ4v) is 2.93. The van der Waals surface area contributed by atoms with Gasteiger partial charge >= 0.3 is 0 Å². The molecule has 0 aromatic heterocycles. The zero-order chi connectivity index (χ0) is 13.9. The second-order valence-electron chi connectivity index (χ2n) is 5.56. The van der Waals surface area contributed by atoms with E-state index in [0.29, 0.717) is 10.8 Å². The zero-order valence-corrected chi connectivity index (χ0v) is 12.2. The van der Waals surface area contributed by atoms with E-state index in [1.165, 1.54) is 0 Å². The molecule has 1 heterocycles. The lowest BCUT2D eigenvalue weighted by Crippen LogP contribution is -2.41. The molecule has 1 fully saturated rings. The summed E-state index contributed by atoms with van der Waals surface area (Å²) in [5.41, 5.74) is 0.980. The Labute approximate surface area is 119 Å². The van der Waals surface area contributed by atoms with Crippen LogP contribution >= 0.6 is 11.6 Å². The number of phenols is 1. The first kappa shape index (κ1) is 14.6. The molecule has 1 aromatic rings. The van der Waals surface area contributed by atoms with Gasteiger partial charge in [-0.15, -0.1) is 0 Å². The summed E-state index contributed by atoms with van der Waals surface area (Å²) < 4.78 is 0. The number of aliphatic hydroxyl groups excluding tert-OH is 1. The summed E-state index contributed by atoms with van der Waals surface area (Å²) in [6, 6.07) is 5.17. The van der Waals surface area contributed by atoms with Crippen LogP contribution in [0, 0.1) is 5.41 Å². The molecule has 2 N–H and O–H groups in total. The van der Waals surface area contributed by atoms with Crippen molar-refractivity contribution in [1.82, 2.24) is 4.90 Å². The van der Waals surface area contributed by atoms with E-state index in [0.717, 1.165) is 44.5 Å². The average Bonchev–Trinajstić information content (AvgIpc) is 2.44. The van der Waals surface area contributed by atoms with E-state index < -0.39 is 0 Å². The van der Waals surface area contributed by atoms with E-state index in [9.17, 15) is 10.2 Å². The summed E-state index contributed by atoms with van der Waals surface area (Å²) in [6.07, 6.45) is 3.06. The summed E-state index contributed by atoms with van der Waals surface area (Å²) in [4.78, 5) is 2.31. The SMILES string of the molecule is CCC1(CO)CCN(Cc2cc(Cl)ccc2O)CC1. The molecule has 0 unspecified atom stereocenters. The number of likely N-dealkylation sites (tertiary alicyclic amines) is 1. The number of phenolic OH excluding ortho intramolecular Hbond substituents is 1. The van der Waals surface area contributed by atoms with E-state index in [4.69, 9.17) is 11.6 Å². The Morgan fingerprint density at radius 1 is 1.32 bits per heavy atom. The number of aliphatic hydroxyl groups is 1. The van der Waals surface area contributed by atoms with Crippen molar-refractivity contribution in [2.45, 2.75) is 32.7 Å². The molecule has 4 heteroatoms. The minimum Gasteiger partial charge on any atom is -0.508 e. The molecule has 1 aliphatic rings. The van der Waals surface area contributed by atoms with Gasteiger partial charge in [0.25, 0.3) is 0 Å². The average molecular weight is 284 g/mol. The molecule has 3 nitrogen and oxygen atoms in total. The van der Waals surface area contributed by atoms with Gasteiger partial charge in [-0.2, -0.15) is 0 Å². The predicted octanol–water partition coefficient (Wildman–Crippen LogP) is 3.03. The maximum Gasteiger partial charge on any atom is 0.120 e. The van der Waals surface area contributed by atoms with Gasteiger partial charge in [-0.3, -0.25) is 4.90 Å². The lowest BCUT2D eigenvalue weighted by atomic mass is 9.77. The molecular weight excluding hydrogens is 262 g/mol. The van der Waals surface area contributed by atoms with Gasteiger partial charge in [0.2, 0.25) is 0 Å². The molecule has 106 valence electrons. The lowest BCUT2D eigenvalue weighted by molar-refractivity contribution is 0.0380. The normalized spacial score (nSPS) is 19.5. The third kappa shape index (κ3) is 3.41. The van der Waals surface area contributed by atoms with Gasteiger partial charge in [0.1, 0.15) is 5.75 Å². The minimum absolute atomic E-state index is 0.104. The number of hydrogen-bond acceptors (Lipinski definition) is 3. The van der Waals surface area contributed by atoms with Crippen molar-refractivity contribution >= 4 is 11.6 Å². The Kier molecular flexibility index (Phi) is 4.71.